The number of benzene rings is 1. The van der Waals surface area contributed by atoms with E-state index in [1.807, 2.05) is 24.3 Å². The first kappa shape index (κ1) is 16.3. The summed E-state index contributed by atoms with van der Waals surface area (Å²) in [5.41, 5.74) is 0.818. The normalized spacial score (nSPS) is 20.6. The van der Waals surface area contributed by atoms with Gasteiger partial charge in [-0.25, -0.2) is 0 Å². The summed E-state index contributed by atoms with van der Waals surface area (Å²) in [5.74, 6) is 1.44. The smallest absolute Gasteiger partial charge is 0.266 e. The highest BCUT2D eigenvalue weighted by Gasteiger charge is 2.38. The number of carbonyl (C=O) groups excluding carboxylic acids is 1. The lowest BCUT2D eigenvalue weighted by atomic mass is 10.1. The van der Waals surface area contributed by atoms with E-state index in [1.165, 1.54) is 24.6 Å². The van der Waals surface area contributed by atoms with E-state index in [2.05, 4.69) is 0 Å². The Morgan fingerprint density at radius 1 is 1.26 bits per heavy atom. The third-order valence-electron chi connectivity index (χ3n) is 4.24. The molecule has 23 heavy (non-hydrogen) atoms. The first-order chi connectivity index (χ1) is 11.1. The number of thiocarbonyl (C=S) groups is 1. The number of hydrogen-bond donors (Lipinski definition) is 0. The van der Waals surface area contributed by atoms with Crippen molar-refractivity contribution in [3.63, 3.8) is 0 Å². The molecule has 1 heterocycles. The van der Waals surface area contributed by atoms with E-state index in [9.17, 15) is 4.79 Å². The molecule has 1 aromatic rings. The number of nitrogens with zero attached hydrogens (tertiary/aromatic N) is 1. The van der Waals surface area contributed by atoms with Crippen LogP contribution in [0.1, 0.15) is 31.2 Å². The number of carbonyl (C=O) groups is 1. The van der Waals surface area contributed by atoms with Gasteiger partial charge >= 0.3 is 0 Å². The van der Waals surface area contributed by atoms with Crippen LogP contribution in [0.3, 0.4) is 0 Å². The van der Waals surface area contributed by atoms with Crippen molar-refractivity contribution in [2.75, 3.05) is 14.2 Å². The number of methoxy groups -OCH3 is 2. The van der Waals surface area contributed by atoms with Gasteiger partial charge in [-0.1, -0.05) is 36.8 Å². The fraction of sp³-hybridized carbons (Fsp3) is 0.412. The minimum Gasteiger partial charge on any atom is -0.497 e. The monoisotopic (exact) mass is 349 g/mol. The van der Waals surface area contributed by atoms with Gasteiger partial charge in [0.05, 0.1) is 19.1 Å². The molecule has 1 aliphatic heterocycles. The Balaban J connectivity index is 1.91. The lowest BCUT2D eigenvalue weighted by Gasteiger charge is -2.21. The molecule has 1 aromatic carbocycles. The molecule has 2 fully saturated rings. The summed E-state index contributed by atoms with van der Waals surface area (Å²) in [7, 11) is 3.23. The molecule has 4 nitrogen and oxygen atoms in total. The van der Waals surface area contributed by atoms with E-state index in [-0.39, 0.29) is 11.9 Å². The van der Waals surface area contributed by atoms with E-state index >= 15 is 0 Å². The number of rotatable bonds is 4. The molecule has 0 radical (unpaired) electrons. The molecule has 122 valence electrons. The minimum atomic E-state index is 0.0109. The summed E-state index contributed by atoms with van der Waals surface area (Å²) in [6.07, 6.45) is 6.27. The molecule has 0 spiro atoms. The molecule has 6 heteroatoms. The minimum absolute atomic E-state index is 0.0109. The predicted octanol–water partition coefficient (Wildman–Crippen LogP) is 3.85. The summed E-state index contributed by atoms with van der Waals surface area (Å²) in [4.78, 5) is 15.2. The Morgan fingerprint density at radius 3 is 2.65 bits per heavy atom. The van der Waals surface area contributed by atoms with Crippen LogP contribution in [-0.2, 0) is 4.79 Å². The Labute approximate surface area is 145 Å². The number of amides is 1. The second kappa shape index (κ2) is 6.93. The van der Waals surface area contributed by atoms with Crippen molar-refractivity contribution in [3.8, 4) is 11.5 Å². The van der Waals surface area contributed by atoms with Gasteiger partial charge in [-0.05, 0) is 37.1 Å². The zero-order valence-corrected chi connectivity index (χ0v) is 14.8. The van der Waals surface area contributed by atoms with E-state index in [1.54, 1.807) is 19.1 Å². The van der Waals surface area contributed by atoms with Crippen molar-refractivity contribution in [2.45, 2.75) is 31.7 Å². The van der Waals surface area contributed by atoms with Gasteiger partial charge in [0.15, 0.2) is 0 Å². The first-order valence-electron chi connectivity index (χ1n) is 7.63. The molecule has 0 unspecified atom stereocenters. The van der Waals surface area contributed by atoms with Crippen molar-refractivity contribution in [1.82, 2.24) is 4.90 Å². The van der Waals surface area contributed by atoms with Crippen LogP contribution in [0.15, 0.2) is 23.1 Å². The molecular weight excluding hydrogens is 330 g/mol. The van der Waals surface area contributed by atoms with Crippen LogP contribution >= 0.6 is 24.0 Å². The third kappa shape index (κ3) is 3.23. The maximum Gasteiger partial charge on any atom is 0.266 e. The molecule has 0 N–H and O–H groups in total. The van der Waals surface area contributed by atoms with Crippen LogP contribution in [-0.4, -0.2) is 35.4 Å². The average molecular weight is 349 g/mol. The molecule has 0 aromatic heterocycles. The van der Waals surface area contributed by atoms with Gasteiger partial charge in [0.1, 0.15) is 15.8 Å². The van der Waals surface area contributed by atoms with Crippen LogP contribution < -0.4 is 9.47 Å². The zero-order chi connectivity index (χ0) is 16.4. The van der Waals surface area contributed by atoms with Crippen LogP contribution in [0.2, 0.25) is 0 Å². The lowest BCUT2D eigenvalue weighted by molar-refractivity contribution is -0.123. The van der Waals surface area contributed by atoms with Crippen molar-refractivity contribution < 1.29 is 14.3 Å². The number of thioether (sulfide) groups is 1. The van der Waals surface area contributed by atoms with E-state index < -0.39 is 0 Å². The second-order valence-electron chi connectivity index (χ2n) is 5.60. The summed E-state index contributed by atoms with van der Waals surface area (Å²) < 4.78 is 11.3. The van der Waals surface area contributed by atoms with Gasteiger partial charge in [-0.2, -0.15) is 0 Å². The van der Waals surface area contributed by atoms with Crippen molar-refractivity contribution in [3.05, 3.63) is 28.7 Å². The summed E-state index contributed by atoms with van der Waals surface area (Å²) in [6.45, 7) is 0. The van der Waals surface area contributed by atoms with E-state index in [0.29, 0.717) is 15.0 Å². The van der Waals surface area contributed by atoms with Gasteiger partial charge in [0.25, 0.3) is 5.91 Å². The summed E-state index contributed by atoms with van der Waals surface area (Å²) in [6, 6.07) is 5.80. The van der Waals surface area contributed by atoms with Gasteiger partial charge in [-0.15, -0.1) is 0 Å². The maximum atomic E-state index is 12.7. The Kier molecular flexibility index (Phi) is 4.92. The highest BCUT2D eigenvalue weighted by atomic mass is 32.2. The van der Waals surface area contributed by atoms with Crippen LogP contribution in [0.5, 0.6) is 11.5 Å². The van der Waals surface area contributed by atoms with Gasteiger partial charge in [0, 0.05) is 11.6 Å². The van der Waals surface area contributed by atoms with Crippen molar-refractivity contribution in [1.29, 1.82) is 0 Å². The van der Waals surface area contributed by atoms with E-state index in [4.69, 9.17) is 21.7 Å². The lowest BCUT2D eigenvalue weighted by Crippen LogP contribution is -2.36. The highest BCUT2D eigenvalue weighted by Crippen LogP contribution is 2.39. The van der Waals surface area contributed by atoms with Crippen molar-refractivity contribution >= 4 is 40.3 Å². The van der Waals surface area contributed by atoms with Crippen LogP contribution in [0.25, 0.3) is 6.08 Å². The zero-order valence-electron chi connectivity index (χ0n) is 13.2. The largest absolute Gasteiger partial charge is 0.497 e. The second-order valence-corrected chi connectivity index (χ2v) is 7.27. The molecule has 0 bridgehead atoms. The molecule has 1 saturated heterocycles. The SMILES string of the molecule is COc1ccc(OC)c(/C=C2\SC(=S)N(C3CCCC3)C2=O)c1. The third-order valence-corrected chi connectivity index (χ3v) is 5.57. The molecule has 1 aliphatic carbocycles. The molecule has 1 amide bonds. The molecular formula is C17H19NO3S2. The number of hydrogen-bond acceptors (Lipinski definition) is 5. The maximum absolute atomic E-state index is 12.7. The summed E-state index contributed by atoms with van der Waals surface area (Å²) >= 11 is 6.80. The Hall–Kier alpha value is -1.53. The highest BCUT2D eigenvalue weighted by molar-refractivity contribution is 8.26. The first-order valence-corrected chi connectivity index (χ1v) is 8.85. The Bertz CT molecular complexity index is 666. The fourth-order valence-corrected chi connectivity index (χ4v) is 4.44. The molecule has 1 saturated carbocycles. The fourth-order valence-electron chi connectivity index (χ4n) is 3.05. The van der Waals surface area contributed by atoms with Gasteiger partial charge in [-0.3, -0.25) is 9.69 Å². The topological polar surface area (TPSA) is 38.8 Å². The standard InChI is InChI=1S/C17H19NO3S2/c1-20-13-7-8-14(21-2)11(9-13)10-15-16(19)18(17(22)23-15)12-5-3-4-6-12/h7-10,12H,3-6H2,1-2H3/b15-10-. The van der Waals surface area contributed by atoms with Crippen LogP contribution in [0.4, 0.5) is 0 Å². The molecule has 3 rings (SSSR count). The van der Waals surface area contributed by atoms with Crippen LogP contribution in [0, 0.1) is 0 Å². The molecule has 0 atom stereocenters. The summed E-state index contributed by atoms with van der Waals surface area (Å²) in [5, 5.41) is 0. The molecule has 2 aliphatic rings. The quantitative estimate of drug-likeness (QED) is 0.610. The van der Waals surface area contributed by atoms with Gasteiger partial charge < -0.3 is 9.47 Å². The Morgan fingerprint density at radius 2 is 2.00 bits per heavy atom. The van der Waals surface area contributed by atoms with Crippen molar-refractivity contribution in [2.24, 2.45) is 0 Å². The predicted molar refractivity (Wildman–Crippen MR) is 96.8 cm³/mol. The van der Waals surface area contributed by atoms with E-state index in [0.717, 1.165) is 24.2 Å². The van der Waals surface area contributed by atoms with Gasteiger partial charge in [0.2, 0.25) is 0 Å². The average Bonchev–Trinajstić information content (AvgIpc) is 3.16. The number of ether oxygens (including phenoxy) is 2.